The van der Waals surface area contributed by atoms with Gasteiger partial charge >= 0.3 is 0 Å². The van der Waals surface area contributed by atoms with Crippen LogP contribution < -0.4 is 5.32 Å². The van der Waals surface area contributed by atoms with E-state index in [4.69, 9.17) is 0 Å². The second-order valence-corrected chi connectivity index (χ2v) is 5.96. The monoisotopic (exact) mass is 299 g/mol. The van der Waals surface area contributed by atoms with Crippen LogP contribution in [0.4, 0.5) is 4.39 Å². The van der Waals surface area contributed by atoms with Crippen LogP contribution in [0.3, 0.4) is 0 Å². The van der Waals surface area contributed by atoms with Gasteiger partial charge in [0.2, 0.25) is 0 Å². The standard InChI is InChI=1S/C14H19BrFN/c1-2-14(6-3-7-14)10-17-9-11-8-12(15)4-5-13(11)16/h4-5,8,17H,2-3,6-7,9-10H2,1H3. The third kappa shape index (κ3) is 3.08. The fourth-order valence-electron chi connectivity index (χ4n) is 2.47. The van der Waals surface area contributed by atoms with Gasteiger partial charge in [0.15, 0.2) is 0 Å². The Morgan fingerprint density at radius 2 is 2.18 bits per heavy atom. The van der Waals surface area contributed by atoms with Gasteiger partial charge in [-0.2, -0.15) is 0 Å². The van der Waals surface area contributed by atoms with Crippen molar-refractivity contribution < 1.29 is 4.39 Å². The maximum absolute atomic E-state index is 13.5. The van der Waals surface area contributed by atoms with Crippen LogP contribution in [0.2, 0.25) is 0 Å². The minimum Gasteiger partial charge on any atom is -0.312 e. The van der Waals surface area contributed by atoms with Crippen LogP contribution >= 0.6 is 15.9 Å². The van der Waals surface area contributed by atoms with Gasteiger partial charge in [0.25, 0.3) is 0 Å². The van der Waals surface area contributed by atoms with Gasteiger partial charge in [-0.05, 0) is 42.9 Å². The molecule has 1 aliphatic carbocycles. The van der Waals surface area contributed by atoms with Crippen molar-refractivity contribution in [2.75, 3.05) is 6.54 Å². The second-order valence-electron chi connectivity index (χ2n) is 5.05. The Morgan fingerprint density at radius 3 is 2.76 bits per heavy atom. The highest BCUT2D eigenvalue weighted by molar-refractivity contribution is 9.10. The van der Waals surface area contributed by atoms with E-state index in [1.54, 1.807) is 6.07 Å². The number of halogens is 2. The smallest absolute Gasteiger partial charge is 0.127 e. The molecule has 0 spiro atoms. The van der Waals surface area contributed by atoms with E-state index < -0.39 is 0 Å². The molecule has 94 valence electrons. The van der Waals surface area contributed by atoms with Gasteiger partial charge in [-0.25, -0.2) is 4.39 Å². The summed E-state index contributed by atoms with van der Waals surface area (Å²) in [5.74, 6) is -0.125. The molecule has 0 radical (unpaired) electrons. The van der Waals surface area contributed by atoms with Crippen LogP contribution in [0.15, 0.2) is 22.7 Å². The molecule has 3 heteroatoms. The van der Waals surface area contributed by atoms with E-state index in [9.17, 15) is 4.39 Å². The summed E-state index contributed by atoms with van der Waals surface area (Å²) in [5, 5.41) is 3.40. The van der Waals surface area contributed by atoms with Gasteiger partial charge in [0.1, 0.15) is 5.82 Å². The summed E-state index contributed by atoms with van der Waals surface area (Å²) >= 11 is 3.37. The van der Waals surface area contributed by atoms with Crippen LogP contribution in [-0.4, -0.2) is 6.54 Å². The SMILES string of the molecule is CCC1(CNCc2cc(Br)ccc2F)CCC1. The first kappa shape index (κ1) is 13.0. The Balaban J connectivity index is 1.87. The molecule has 1 aromatic rings. The number of hydrogen-bond donors (Lipinski definition) is 1. The highest BCUT2D eigenvalue weighted by atomic mass is 79.9. The van der Waals surface area contributed by atoms with Crippen molar-refractivity contribution in [1.29, 1.82) is 0 Å². The minimum absolute atomic E-state index is 0.125. The molecule has 0 unspecified atom stereocenters. The first-order chi connectivity index (χ1) is 8.15. The Hall–Kier alpha value is -0.410. The molecule has 17 heavy (non-hydrogen) atoms. The fourth-order valence-corrected chi connectivity index (χ4v) is 2.88. The molecule has 0 amide bonds. The van der Waals surface area contributed by atoms with Crippen LogP contribution in [0.5, 0.6) is 0 Å². The fraction of sp³-hybridized carbons (Fsp3) is 0.571. The summed E-state index contributed by atoms with van der Waals surface area (Å²) in [6, 6.07) is 5.10. The average molecular weight is 300 g/mol. The Morgan fingerprint density at radius 1 is 1.41 bits per heavy atom. The number of nitrogens with one attached hydrogen (secondary N) is 1. The molecule has 1 N–H and O–H groups in total. The normalized spacial score (nSPS) is 17.8. The predicted molar refractivity (Wildman–Crippen MR) is 72.4 cm³/mol. The van der Waals surface area contributed by atoms with Gasteiger partial charge in [0, 0.05) is 23.1 Å². The van der Waals surface area contributed by atoms with Crippen molar-refractivity contribution in [2.24, 2.45) is 5.41 Å². The minimum atomic E-state index is -0.125. The molecule has 1 aliphatic rings. The molecule has 2 rings (SSSR count). The molecule has 0 atom stereocenters. The van der Waals surface area contributed by atoms with E-state index in [0.717, 1.165) is 16.6 Å². The van der Waals surface area contributed by atoms with Crippen LogP contribution in [-0.2, 0) is 6.54 Å². The summed E-state index contributed by atoms with van der Waals surface area (Å²) in [5.41, 5.74) is 1.23. The van der Waals surface area contributed by atoms with E-state index in [1.165, 1.54) is 31.7 Å². The predicted octanol–water partition coefficient (Wildman–Crippen LogP) is 4.26. The van der Waals surface area contributed by atoms with E-state index in [0.29, 0.717) is 12.0 Å². The zero-order valence-electron chi connectivity index (χ0n) is 10.2. The Kier molecular flexibility index (Phi) is 4.21. The zero-order valence-corrected chi connectivity index (χ0v) is 11.8. The van der Waals surface area contributed by atoms with Crippen molar-refractivity contribution in [3.8, 4) is 0 Å². The second kappa shape index (κ2) is 5.49. The molecule has 0 aliphatic heterocycles. The lowest BCUT2D eigenvalue weighted by molar-refractivity contribution is 0.123. The largest absolute Gasteiger partial charge is 0.312 e. The molecule has 0 aromatic heterocycles. The topological polar surface area (TPSA) is 12.0 Å². The molecule has 1 nitrogen and oxygen atoms in total. The molecule has 1 fully saturated rings. The van der Waals surface area contributed by atoms with Gasteiger partial charge in [-0.15, -0.1) is 0 Å². The summed E-state index contributed by atoms with van der Waals surface area (Å²) in [6.45, 7) is 3.88. The number of hydrogen-bond acceptors (Lipinski definition) is 1. The van der Waals surface area contributed by atoms with Gasteiger partial charge < -0.3 is 5.32 Å². The van der Waals surface area contributed by atoms with E-state index in [2.05, 4.69) is 28.2 Å². The lowest BCUT2D eigenvalue weighted by Crippen LogP contribution is -2.39. The van der Waals surface area contributed by atoms with E-state index in [1.807, 2.05) is 6.07 Å². The molecular formula is C14H19BrFN. The summed E-state index contributed by atoms with van der Waals surface area (Å²) in [6.07, 6.45) is 5.21. The Labute approximate surface area is 111 Å². The first-order valence-electron chi connectivity index (χ1n) is 6.30. The Bertz CT molecular complexity index is 382. The van der Waals surface area contributed by atoms with E-state index in [-0.39, 0.29) is 5.82 Å². The van der Waals surface area contributed by atoms with E-state index >= 15 is 0 Å². The highest BCUT2D eigenvalue weighted by Gasteiger charge is 2.34. The lowest BCUT2D eigenvalue weighted by atomic mass is 9.67. The van der Waals surface area contributed by atoms with Crippen LogP contribution in [0, 0.1) is 11.2 Å². The molecule has 0 heterocycles. The third-order valence-corrected chi connectivity index (χ3v) is 4.48. The van der Waals surface area contributed by atoms with Crippen LogP contribution in [0.25, 0.3) is 0 Å². The molecule has 1 aromatic carbocycles. The molecule has 0 saturated heterocycles. The van der Waals surface area contributed by atoms with Gasteiger partial charge in [-0.3, -0.25) is 0 Å². The summed E-state index contributed by atoms with van der Waals surface area (Å²) in [4.78, 5) is 0. The molecule has 0 bridgehead atoms. The highest BCUT2D eigenvalue weighted by Crippen LogP contribution is 2.43. The van der Waals surface area contributed by atoms with Crippen molar-refractivity contribution in [1.82, 2.24) is 5.32 Å². The van der Waals surface area contributed by atoms with Crippen molar-refractivity contribution in [3.63, 3.8) is 0 Å². The zero-order chi connectivity index (χ0) is 12.3. The van der Waals surface area contributed by atoms with Crippen molar-refractivity contribution in [2.45, 2.75) is 39.2 Å². The third-order valence-electron chi connectivity index (χ3n) is 3.99. The number of benzene rings is 1. The summed E-state index contributed by atoms with van der Waals surface area (Å²) < 4.78 is 14.4. The summed E-state index contributed by atoms with van der Waals surface area (Å²) in [7, 11) is 0. The quantitative estimate of drug-likeness (QED) is 0.857. The molecule has 1 saturated carbocycles. The lowest BCUT2D eigenvalue weighted by Gasteiger charge is -2.41. The number of rotatable bonds is 5. The van der Waals surface area contributed by atoms with Crippen molar-refractivity contribution >= 4 is 15.9 Å². The average Bonchev–Trinajstić information content (AvgIpc) is 2.27. The van der Waals surface area contributed by atoms with Crippen molar-refractivity contribution in [3.05, 3.63) is 34.1 Å². The van der Waals surface area contributed by atoms with Crippen LogP contribution in [0.1, 0.15) is 38.2 Å². The maximum Gasteiger partial charge on any atom is 0.127 e. The first-order valence-corrected chi connectivity index (χ1v) is 7.09. The maximum atomic E-state index is 13.5. The van der Waals surface area contributed by atoms with Gasteiger partial charge in [0.05, 0.1) is 0 Å². The van der Waals surface area contributed by atoms with Gasteiger partial charge in [-0.1, -0.05) is 29.3 Å². The molecular weight excluding hydrogens is 281 g/mol.